The number of aromatic nitrogens is 2. The van der Waals surface area contributed by atoms with Gasteiger partial charge in [0, 0.05) is 12.1 Å². The van der Waals surface area contributed by atoms with Crippen molar-refractivity contribution in [2.24, 2.45) is 0 Å². The molecule has 102 valence electrons. The predicted octanol–water partition coefficient (Wildman–Crippen LogP) is 3.78. The van der Waals surface area contributed by atoms with Crippen molar-refractivity contribution < 1.29 is 0 Å². The van der Waals surface area contributed by atoms with Gasteiger partial charge in [-0.05, 0) is 45.2 Å². The molecule has 0 saturated carbocycles. The van der Waals surface area contributed by atoms with Crippen LogP contribution in [0.4, 0.5) is 5.82 Å². The van der Waals surface area contributed by atoms with Crippen LogP contribution in [-0.2, 0) is 6.54 Å². The van der Waals surface area contributed by atoms with Crippen LogP contribution < -0.4 is 5.73 Å². The van der Waals surface area contributed by atoms with E-state index in [1.54, 1.807) is 0 Å². The van der Waals surface area contributed by atoms with Gasteiger partial charge in [0.15, 0.2) is 0 Å². The van der Waals surface area contributed by atoms with E-state index in [-0.39, 0.29) is 0 Å². The summed E-state index contributed by atoms with van der Waals surface area (Å²) in [4.78, 5) is 4.69. The Labute approximate surface area is 115 Å². The molecule has 0 atom stereocenters. The van der Waals surface area contributed by atoms with Crippen LogP contribution in [-0.4, -0.2) is 9.55 Å². The summed E-state index contributed by atoms with van der Waals surface area (Å²) in [5, 5.41) is 0. The number of rotatable bonds is 3. The third-order valence-corrected chi connectivity index (χ3v) is 3.56. The molecule has 0 fully saturated rings. The van der Waals surface area contributed by atoms with Crippen LogP contribution in [0.25, 0.3) is 11.3 Å². The molecule has 0 aliphatic rings. The minimum absolute atomic E-state index is 0.786. The summed E-state index contributed by atoms with van der Waals surface area (Å²) in [5.41, 5.74) is 12.2. The van der Waals surface area contributed by atoms with E-state index in [1.807, 2.05) is 6.92 Å². The summed E-state index contributed by atoms with van der Waals surface area (Å²) in [6.45, 7) is 11.5. The van der Waals surface area contributed by atoms with Gasteiger partial charge in [-0.2, -0.15) is 0 Å². The standard InChI is InChI=1S/C16H23N3/c1-6-7-19-13(5)18-15(16(19)17)14-11(3)8-10(2)9-12(14)4/h8-9H,6-7,17H2,1-5H3. The topological polar surface area (TPSA) is 43.8 Å². The fourth-order valence-electron chi connectivity index (χ4n) is 2.82. The smallest absolute Gasteiger partial charge is 0.131 e. The molecule has 2 N–H and O–H groups in total. The van der Waals surface area contributed by atoms with Gasteiger partial charge >= 0.3 is 0 Å². The molecule has 3 nitrogen and oxygen atoms in total. The monoisotopic (exact) mass is 257 g/mol. The SMILES string of the molecule is CCCn1c(C)nc(-c2c(C)cc(C)cc2C)c1N. The van der Waals surface area contributed by atoms with Crippen molar-refractivity contribution in [3.8, 4) is 11.3 Å². The second-order valence-corrected chi connectivity index (χ2v) is 5.32. The molecule has 1 aromatic carbocycles. The predicted molar refractivity (Wildman–Crippen MR) is 81.3 cm³/mol. The third-order valence-electron chi connectivity index (χ3n) is 3.56. The number of nitrogens with zero attached hydrogens (tertiary/aromatic N) is 2. The number of hydrogen-bond donors (Lipinski definition) is 1. The van der Waals surface area contributed by atoms with E-state index in [0.29, 0.717) is 0 Å². The molecule has 0 saturated heterocycles. The molecule has 0 aliphatic heterocycles. The maximum atomic E-state index is 6.30. The lowest BCUT2D eigenvalue weighted by atomic mass is 9.97. The van der Waals surface area contributed by atoms with Crippen molar-refractivity contribution in [3.05, 3.63) is 34.6 Å². The maximum absolute atomic E-state index is 6.30. The number of nitrogens with two attached hydrogens (primary N) is 1. The molecule has 1 aromatic heterocycles. The highest BCUT2D eigenvalue weighted by molar-refractivity contribution is 5.76. The van der Waals surface area contributed by atoms with Crippen molar-refractivity contribution in [3.63, 3.8) is 0 Å². The molecule has 2 rings (SSSR count). The van der Waals surface area contributed by atoms with Crippen LogP contribution in [0.3, 0.4) is 0 Å². The summed E-state index contributed by atoms with van der Waals surface area (Å²) in [5.74, 6) is 1.78. The first-order chi connectivity index (χ1) is 8.95. The molecule has 2 aromatic rings. The molecular weight excluding hydrogens is 234 g/mol. The number of imidazole rings is 1. The summed E-state index contributed by atoms with van der Waals surface area (Å²) in [7, 11) is 0. The largest absolute Gasteiger partial charge is 0.383 e. The van der Waals surface area contributed by atoms with Gasteiger partial charge < -0.3 is 10.3 Å². The summed E-state index contributed by atoms with van der Waals surface area (Å²) < 4.78 is 2.11. The number of benzene rings is 1. The zero-order chi connectivity index (χ0) is 14.2. The van der Waals surface area contributed by atoms with E-state index in [4.69, 9.17) is 5.73 Å². The minimum atomic E-state index is 0.786. The summed E-state index contributed by atoms with van der Waals surface area (Å²) >= 11 is 0. The van der Waals surface area contributed by atoms with E-state index >= 15 is 0 Å². The van der Waals surface area contributed by atoms with Crippen LogP contribution in [0.2, 0.25) is 0 Å². The molecule has 0 bridgehead atoms. The zero-order valence-corrected chi connectivity index (χ0v) is 12.5. The van der Waals surface area contributed by atoms with Gasteiger partial charge in [0.2, 0.25) is 0 Å². The lowest BCUT2D eigenvalue weighted by molar-refractivity contribution is 0.665. The van der Waals surface area contributed by atoms with Gasteiger partial charge in [-0.1, -0.05) is 24.6 Å². The first-order valence-electron chi connectivity index (χ1n) is 6.86. The van der Waals surface area contributed by atoms with Gasteiger partial charge in [-0.15, -0.1) is 0 Å². The van der Waals surface area contributed by atoms with Crippen LogP contribution in [0, 0.1) is 27.7 Å². The molecule has 0 radical (unpaired) electrons. The molecule has 1 heterocycles. The molecule has 3 heteroatoms. The Hall–Kier alpha value is -1.77. The van der Waals surface area contributed by atoms with Gasteiger partial charge in [0.25, 0.3) is 0 Å². The summed E-state index contributed by atoms with van der Waals surface area (Å²) in [6, 6.07) is 4.38. The average Bonchev–Trinajstić information content (AvgIpc) is 2.56. The Morgan fingerprint density at radius 1 is 1.11 bits per heavy atom. The van der Waals surface area contributed by atoms with E-state index in [9.17, 15) is 0 Å². The van der Waals surface area contributed by atoms with E-state index < -0.39 is 0 Å². The van der Waals surface area contributed by atoms with Gasteiger partial charge in [-0.3, -0.25) is 0 Å². The molecule has 19 heavy (non-hydrogen) atoms. The average molecular weight is 257 g/mol. The lowest BCUT2D eigenvalue weighted by Gasteiger charge is -2.11. The molecule has 0 spiro atoms. The maximum Gasteiger partial charge on any atom is 0.131 e. The molecule has 0 unspecified atom stereocenters. The molecule has 0 aliphatic carbocycles. The highest BCUT2D eigenvalue weighted by atomic mass is 15.1. The van der Waals surface area contributed by atoms with Crippen LogP contribution in [0.15, 0.2) is 12.1 Å². The third kappa shape index (κ3) is 2.37. The number of hydrogen-bond acceptors (Lipinski definition) is 2. The van der Waals surface area contributed by atoms with E-state index in [0.717, 1.165) is 30.3 Å². The lowest BCUT2D eigenvalue weighted by Crippen LogP contribution is -2.04. The van der Waals surface area contributed by atoms with E-state index in [2.05, 4.69) is 49.4 Å². The van der Waals surface area contributed by atoms with Crippen molar-refractivity contribution in [1.82, 2.24) is 9.55 Å². The van der Waals surface area contributed by atoms with Gasteiger partial charge in [0.05, 0.1) is 0 Å². The number of aryl methyl sites for hydroxylation is 4. The molecule has 0 amide bonds. The Kier molecular flexibility index (Phi) is 3.65. The van der Waals surface area contributed by atoms with Gasteiger partial charge in [0.1, 0.15) is 17.3 Å². The van der Waals surface area contributed by atoms with E-state index in [1.165, 1.54) is 22.3 Å². The fourth-order valence-corrected chi connectivity index (χ4v) is 2.82. The van der Waals surface area contributed by atoms with Crippen LogP contribution >= 0.6 is 0 Å². The van der Waals surface area contributed by atoms with Gasteiger partial charge in [-0.25, -0.2) is 4.98 Å². The van der Waals surface area contributed by atoms with Crippen LogP contribution in [0.5, 0.6) is 0 Å². The number of nitrogen functional groups attached to an aromatic ring is 1. The normalized spacial score (nSPS) is 11.0. The Morgan fingerprint density at radius 2 is 1.68 bits per heavy atom. The highest BCUT2D eigenvalue weighted by Crippen LogP contribution is 2.32. The second kappa shape index (κ2) is 5.08. The Balaban J connectivity index is 2.63. The quantitative estimate of drug-likeness (QED) is 0.909. The van der Waals surface area contributed by atoms with Crippen molar-refractivity contribution in [1.29, 1.82) is 0 Å². The fraction of sp³-hybridized carbons (Fsp3) is 0.438. The first kappa shape index (κ1) is 13.7. The van der Waals surface area contributed by atoms with Crippen LogP contribution in [0.1, 0.15) is 35.9 Å². The minimum Gasteiger partial charge on any atom is -0.383 e. The Morgan fingerprint density at radius 3 is 2.21 bits per heavy atom. The summed E-state index contributed by atoms with van der Waals surface area (Å²) in [6.07, 6.45) is 1.06. The van der Waals surface area contributed by atoms with Crippen molar-refractivity contribution >= 4 is 5.82 Å². The van der Waals surface area contributed by atoms with Crippen molar-refractivity contribution in [2.75, 3.05) is 5.73 Å². The first-order valence-corrected chi connectivity index (χ1v) is 6.86. The highest BCUT2D eigenvalue weighted by Gasteiger charge is 2.16. The number of anilines is 1. The van der Waals surface area contributed by atoms with Crippen molar-refractivity contribution in [2.45, 2.75) is 47.6 Å². The molecular formula is C16H23N3. The zero-order valence-electron chi connectivity index (χ0n) is 12.5. The Bertz CT molecular complexity index is 586. The second-order valence-electron chi connectivity index (χ2n) is 5.32.